The Labute approximate surface area is 104 Å². The summed E-state index contributed by atoms with van der Waals surface area (Å²) in [7, 11) is 0. The van der Waals surface area contributed by atoms with Crippen molar-refractivity contribution in [3.63, 3.8) is 0 Å². The minimum Gasteiger partial charge on any atom is -0.384 e. The number of anilines is 2. The molecule has 0 aliphatic carbocycles. The molecule has 2 aromatic rings. The Morgan fingerprint density at radius 3 is 2.61 bits per heavy atom. The molecular weight excluding hydrogens is 228 g/mol. The van der Waals surface area contributed by atoms with Gasteiger partial charge in [0.25, 0.3) is 5.91 Å². The van der Waals surface area contributed by atoms with Gasteiger partial charge in [-0.15, -0.1) is 0 Å². The Bertz CT molecular complexity index is 614. The molecule has 0 saturated carbocycles. The van der Waals surface area contributed by atoms with E-state index in [0.29, 0.717) is 22.6 Å². The van der Waals surface area contributed by atoms with Gasteiger partial charge in [0.15, 0.2) is 0 Å². The first-order valence-corrected chi connectivity index (χ1v) is 5.22. The summed E-state index contributed by atoms with van der Waals surface area (Å²) < 4.78 is 0. The third-order valence-electron chi connectivity index (χ3n) is 2.32. The van der Waals surface area contributed by atoms with Crippen molar-refractivity contribution in [1.82, 2.24) is 4.98 Å². The Morgan fingerprint density at radius 2 is 2.00 bits per heavy atom. The van der Waals surface area contributed by atoms with Crippen molar-refractivity contribution in [1.29, 1.82) is 5.26 Å². The molecule has 1 aromatic carbocycles. The molecule has 0 aliphatic rings. The lowest BCUT2D eigenvalue weighted by Crippen LogP contribution is -2.12. The van der Waals surface area contributed by atoms with Crippen molar-refractivity contribution in [2.24, 2.45) is 0 Å². The van der Waals surface area contributed by atoms with Crippen LogP contribution in [-0.2, 0) is 0 Å². The van der Waals surface area contributed by atoms with Crippen LogP contribution in [0.2, 0.25) is 0 Å². The SMILES string of the molecule is N#Cc1ccc(NC(=O)c2ccnc(N)c2)cc1. The summed E-state index contributed by atoms with van der Waals surface area (Å²) in [6.07, 6.45) is 1.48. The molecule has 0 radical (unpaired) electrons. The number of nitrogens with two attached hydrogens (primary N) is 1. The molecule has 18 heavy (non-hydrogen) atoms. The maximum absolute atomic E-state index is 11.9. The number of pyridine rings is 1. The molecule has 1 amide bonds. The smallest absolute Gasteiger partial charge is 0.255 e. The van der Waals surface area contributed by atoms with E-state index in [4.69, 9.17) is 11.0 Å². The first kappa shape index (κ1) is 11.6. The molecular formula is C13H10N4O. The summed E-state index contributed by atoms with van der Waals surface area (Å²) in [5.41, 5.74) is 7.10. The van der Waals surface area contributed by atoms with Crippen molar-refractivity contribution < 1.29 is 4.79 Å². The number of nitrogens with zero attached hydrogens (tertiary/aromatic N) is 2. The Balaban J connectivity index is 2.14. The number of hydrogen-bond acceptors (Lipinski definition) is 4. The molecule has 0 spiro atoms. The fourth-order valence-corrected chi connectivity index (χ4v) is 1.42. The largest absolute Gasteiger partial charge is 0.384 e. The summed E-state index contributed by atoms with van der Waals surface area (Å²) in [5.74, 6) is 0.0243. The van der Waals surface area contributed by atoms with E-state index in [1.807, 2.05) is 6.07 Å². The van der Waals surface area contributed by atoms with E-state index < -0.39 is 0 Å². The van der Waals surface area contributed by atoms with Crippen LogP contribution in [0.4, 0.5) is 11.5 Å². The van der Waals surface area contributed by atoms with Gasteiger partial charge in [0.2, 0.25) is 0 Å². The molecule has 0 aliphatic heterocycles. The zero-order chi connectivity index (χ0) is 13.0. The normalized spacial score (nSPS) is 9.50. The van der Waals surface area contributed by atoms with Gasteiger partial charge in [0.05, 0.1) is 11.6 Å². The first-order valence-electron chi connectivity index (χ1n) is 5.22. The minimum atomic E-state index is -0.270. The number of carbonyl (C=O) groups excluding carboxylic acids is 1. The quantitative estimate of drug-likeness (QED) is 0.834. The zero-order valence-corrected chi connectivity index (χ0v) is 9.42. The van der Waals surface area contributed by atoms with Crippen LogP contribution in [0, 0.1) is 11.3 Å². The van der Waals surface area contributed by atoms with Gasteiger partial charge in [-0.2, -0.15) is 5.26 Å². The lowest BCUT2D eigenvalue weighted by molar-refractivity contribution is 0.102. The van der Waals surface area contributed by atoms with Gasteiger partial charge in [-0.05, 0) is 36.4 Å². The third-order valence-corrected chi connectivity index (χ3v) is 2.32. The monoisotopic (exact) mass is 238 g/mol. The van der Waals surface area contributed by atoms with E-state index in [1.54, 1.807) is 30.3 Å². The molecule has 1 aromatic heterocycles. The summed E-state index contributed by atoms with van der Waals surface area (Å²) in [6, 6.07) is 11.7. The van der Waals surface area contributed by atoms with Crippen molar-refractivity contribution in [2.75, 3.05) is 11.1 Å². The molecule has 0 bridgehead atoms. The Hall–Kier alpha value is -2.87. The predicted octanol–water partition coefficient (Wildman–Crippen LogP) is 1.79. The van der Waals surface area contributed by atoms with Gasteiger partial charge in [-0.25, -0.2) is 4.98 Å². The molecule has 88 valence electrons. The maximum Gasteiger partial charge on any atom is 0.255 e. The Morgan fingerprint density at radius 1 is 1.28 bits per heavy atom. The summed E-state index contributed by atoms with van der Waals surface area (Å²) >= 11 is 0. The second kappa shape index (κ2) is 4.97. The maximum atomic E-state index is 11.9. The molecule has 3 N–H and O–H groups in total. The van der Waals surface area contributed by atoms with Crippen LogP contribution in [0.1, 0.15) is 15.9 Å². The molecule has 1 heterocycles. The number of nitriles is 1. The van der Waals surface area contributed by atoms with E-state index in [9.17, 15) is 4.79 Å². The highest BCUT2D eigenvalue weighted by Gasteiger charge is 2.06. The molecule has 5 heteroatoms. The van der Waals surface area contributed by atoms with E-state index in [1.165, 1.54) is 12.3 Å². The molecule has 0 saturated heterocycles. The highest BCUT2D eigenvalue weighted by molar-refractivity contribution is 6.04. The number of carbonyl (C=O) groups is 1. The van der Waals surface area contributed by atoms with Crippen LogP contribution in [0.5, 0.6) is 0 Å². The molecule has 5 nitrogen and oxygen atoms in total. The number of nitrogens with one attached hydrogen (secondary N) is 1. The van der Waals surface area contributed by atoms with Crippen molar-refractivity contribution in [2.45, 2.75) is 0 Å². The van der Waals surface area contributed by atoms with Gasteiger partial charge in [-0.1, -0.05) is 0 Å². The number of aromatic nitrogens is 1. The van der Waals surface area contributed by atoms with Crippen LogP contribution < -0.4 is 11.1 Å². The summed E-state index contributed by atoms with van der Waals surface area (Å²) in [6.45, 7) is 0. The highest BCUT2D eigenvalue weighted by atomic mass is 16.1. The second-order valence-electron chi connectivity index (χ2n) is 3.61. The number of amides is 1. The van der Waals surface area contributed by atoms with Gasteiger partial charge < -0.3 is 11.1 Å². The van der Waals surface area contributed by atoms with Gasteiger partial charge in [-0.3, -0.25) is 4.79 Å². The van der Waals surface area contributed by atoms with Crippen LogP contribution in [0.25, 0.3) is 0 Å². The molecule has 0 unspecified atom stereocenters. The average Bonchev–Trinajstić information content (AvgIpc) is 2.39. The third kappa shape index (κ3) is 2.62. The second-order valence-corrected chi connectivity index (χ2v) is 3.61. The van der Waals surface area contributed by atoms with Gasteiger partial charge >= 0.3 is 0 Å². The van der Waals surface area contributed by atoms with E-state index >= 15 is 0 Å². The van der Waals surface area contributed by atoms with Gasteiger partial charge in [0.1, 0.15) is 5.82 Å². The minimum absolute atomic E-state index is 0.270. The summed E-state index contributed by atoms with van der Waals surface area (Å²) in [5, 5.41) is 11.4. The van der Waals surface area contributed by atoms with Crippen LogP contribution in [-0.4, -0.2) is 10.9 Å². The van der Waals surface area contributed by atoms with Crippen molar-refractivity contribution in [3.05, 3.63) is 53.7 Å². The molecule has 2 rings (SSSR count). The zero-order valence-electron chi connectivity index (χ0n) is 9.42. The molecule has 0 atom stereocenters. The fourth-order valence-electron chi connectivity index (χ4n) is 1.42. The number of hydrogen-bond donors (Lipinski definition) is 2. The van der Waals surface area contributed by atoms with E-state index in [-0.39, 0.29) is 5.91 Å². The molecule has 0 fully saturated rings. The average molecular weight is 238 g/mol. The van der Waals surface area contributed by atoms with Gasteiger partial charge in [0, 0.05) is 17.4 Å². The van der Waals surface area contributed by atoms with E-state index in [2.05, 4.69) is 10.3 Å². The summed E-state index contributed by atoms with van der Waals surface area (Å²) in [4.78, 5) is 15.7. The number of rotatable bonds is 2. The first-order chi connectivity index (χ1) is 8.69. The van der Waals surface area contributed by atoms with Crippen molar-refractivity contribution in [3.8, 4) is 6.07 Å². The van der Waals surface area contributed by atoms with Crippen molar-refractivity contribution >= 4 is 17.4 Å². The van der Waals surface area contributed by atoms with Crippen LogP contribution in [0.3, 0.4) is 0 Å². The Kier molecular flexibility index (Phi) is 3.21. The predicted molar refractivity (Wildman–Crippen MR) is 67.8 cm³/mol. The van der Waals surface area contributed by atoms with E-state index in [0.717, 1.165) is 0 Å². The number of benzene rings is 1. The highest BCUT2D eigenvalue weighted by Crippen LogP contribution is 2.11. The fraction of sp³-hybridized carbons (Fsp3) is 0. The topological polar surface area (TPSA) is 91.8 Å². The lowest BCUT2D eigenvalue weighted by atomic mass is 10.2. The standard InChI is InChI=1S/C13H10N4O/c14-8-9-1-3-11(4-2-9)17-13(18)10-5-6-16-12(15)7-10/h1-7H,(H2,15,16)(H,17,18). The van der Waals surface area contributed by atoms with Crippen LogP contribution in [0.15, 0.2) is 42.6 Å². The number of nitrogen functional groups attached to an aromatic ring is 1. The lowest BCUT2D eigenvalue weighted by Gasteiger charge is -2.05. The van der Waals surface area contributed by atoms with Crippen LogP contribution >= 0.6 is 0 Å².